The lowest BCUT2D eigenvalue weighted by Crippen LogP contribution is -2.04. The average Bonchev–Trinajstić information content (AvgIpc) is 2.10. The summed E-state index contributed by atoms with van der Waals surface area (Å²) in [6, 6.07) is 0. The van der Waals surface area contributed by atoms with Gasteiger partial charge in [0.15, 0.2) is 5.89 Å². The van der Waals surface area contributed by atoms with Crippen LogP contribution < -0.4 is 0 Å². The molecule has 0 spiro atoms. The van der Waals surface area contributed by atoms with E-state index in [-0.39, 0.29) is 6.10 Å². The molecule has 0 unspecified atom stereocenters. The fourth-order valence-corrected chi connectivity index (χ4v) is 0.879. The third kappa shape index (κ3) is 2.05. The molecule has 1 N–H and O–H groups in total. The van der Waals surface area contributed by atoms with Gasteiger partial charge in [0.05, 0.1) is 11.8 Å². The molecule has 1 atom stereocenters. The van der Waals surface area contributed by atoms with Crippen LogP contribution in [0, 0.1) is 13.8 Å². The van der Waals surface area contributed by atoms with Crippen molar-refractivity contribution in [2.75, 3.05) is 0 Å². The Labute approximate surface area is 66.1 Å². The highest BCUT2D eigenvalue weighted by Crippen LogP contribution is 2.09. The number of aliphatic hydroxyl groups is 1. The van der Waals surface area contributed by atoms with Crippen LogP contribution in [0.15, 0.2) is 4.42 Å². The summed E-state index contributed by atoms with van der Waals surface area (Å²) in [5.74, 6) is 1.45. The second-order valence-electron chi connectivity index (χ2n) is 2.80. The van der Waals surface area contributed by atoms with Crippen molar-refractivity contribution in [3.8, 4) is 0 Å². The first-order valence-corrected chi connectivity index (χ1v) is 3.70. The van der Waals surface area contributed by atoms with E-state index in [4.69, 9.17) is 9.52 Å². The van der Waals surface area contributed by atoms with Crippen molar-refractivity contribution in [3.63, 3.8) is 0 Å². The number of aryl methyl sites for hydroxylation is 2. The van der Waals surface area contributed by atoms with Crippen LogP contribution in [0.2, 0.25) is 0 Å². The van der Waals surface area contributed by atoms with Crippen LogP contribution in [0.4, 0.5) is 0 Å². The number of hydrogen-bond acceptors (Lipinski definition) is 3. The van der Waals surface area contributed by atoms with Crippen LogP contribution in [0.25, 0.3) is 0 Å². The van der Waals surface area contributed by atoms with E-state index >= 15 is 0 Å². The minimum Gasteiger partial charge on any atom is -0.446 e. The molecule has 0 aliphatic carbocycles. The third-order valence-electron chi connectivity index (χ3n) is 1.54. The molecule has 0 radical (unpaired) electrons. The van der Waals surface area contributed by atoms with Crippen molar-refractivity contribution >= 4 is 0 Å². The first-order valence-electron chi connectivity index (χ1n) is 3.70. The summed E-state index contributed by atoms with van der Waals surface area (Å²) in [5.41, 5.74) is 0.903. The van der Waals surface area contributed by atoms with Gasteiger partial charge in [0.25, 0.3) is 0 Å². The van der Waals surface area contributed by atoms with Crippen molar-refractivity contribution in [1.82, 2.24) is 4.98 Å². The zero-order chi connectivity index (χ0) is 8.43. The zero-order valence-corrected chi connectivity index (χ0v) is 7.09. The SMILES string of the molecule is Cc1nc(C[C@@H](C)O)oc1C. The summed E-state index contributed by atoms with van der Waals surface area (Å²) < 4.78 is 5.25. The lowest BCUT2D eigenvalue weighted by Gasteiger charge is -1.96. The summed E-state index contributed by atoms with van der Waals surface area (Å²) >= 11 is 0. The van der Waals surface area contributed by atoms with E-state index in [9.17, 15) is 0 Å². The summed E-state index contributed by atoms with van der Waals surface area (Å²) in [7, 11) is 0. The summed E-state index contributed by atoms with van der Waals surface area (Å²) in [5, 5.41) is 9.01. The molecule has 0 aliphatic rings. The first-order chi connectivity index (χ1) is 5.09. The molecule has 1 aromatic rings. The normalized spacial score (nSPS) is 13.5. The van der Waals surface area contributed by atoms with Gasteiger partial charge in [-0.25, -0.2) is 4.98 Å². The molecule has 0 saturated heterocycles. The molecule has 1 rings (SSSR count). The number of oxazole rings is 1. The molecule has 62 valence electrons. The Morgan fingerprint density at radius 1 is 1.55 bits per heavy atom. The van der Waals surface area contributed by atoms with Gasteiger partial charge in [0, 0.05) is 6.42 Å². The highest BCUT2D eigenvalue weighted by molar-refractivity contribution is 5.05. The average molecular weight is 155 g/mol. The minimum atomic E-state index is -0.382. The number of aliphatic hydroxyl groups excluding tert-OH is 1. The van der Waals surface area contributed by atoms with Crippen LogP contribution >= 0.6 is 0 Å². The molecular weight excluding hydrogens is 142 g/mol. The van der Waals surface area contributed by atoms with E-state index in [0.29, 0.717) is 12.3 Å². The Morgan fingerprint density at radius 3 is 2.55 bits per heavy atom. The van der Waals surface area contributed by atoms with Gasteiger partial charge in [-0.2, -0.15) is 0 Å². The largest absolute Gasteiger partial charge is 0.446 e. The number of aromatic nitrogens is 1. The Morgan fingerprint density at radius 2 is 2.18 bits per heavy atom. The second kappa shape index (κ2) is 3.05. The molecule has 0 aromatic carbocycles. The molecule has 0 aliphatic heterocycles. The maximum atomic E-state index is 9.01. The van der Waals surface area contributed by atoms with Crippen molar-refractivity contribution < 1.29 is 9.52 Å². The van der Waals surface area contributed by atoms with E-state index in [0.717, 1.165) is 11.5 Å². The van der Waals surface area contributed by atoms with Crippen molar-refractivity contribution in [2.24, 2.45) is 0 Å². The van der Waals surface area contributed by atoms with Gasteiger partial charge in [-0.3, -0.25) is 0 Å². The molecule has 1 heterocycles. The lowest BCUT2D eigenvalue weighted by atomic mass is 10.3. The second-order valence-corrected chi connectivity index (χ2v) is 2.80. The number of rotatable bonds is 2. The summed E-state index contributed by atoms with van der Waals surface area (Å²) in [6.07, 6.45) is 0.113. The standard InChI is InChI=1S/C8H13NO2/c1-5(10)4-8-9-6(2)7(3)11-8/h5,10H,4H2,1-3H3/t5-/m1/s1. The fourth-order valence-electron chi connectivity index (χ4n) is 0.879. The van der Waals surface area contributed by atoms with E-state index < -0.39 is 0 Å². The molecule has 3 nitrogen and oxygen atoms in total. The highest BCUT2D eigenvalue weighted by Gasteiger charge is 2.07. The van der Waals surface area contributed by atoms with E-state index in [1.807, 2.05) is 13.8 Å². The van der Waals surface area contributed by atoms with Gasteiger partial charge in [-0.05, 0) is 20.8 Å². The topological polar surface area (TPSA) is 46.3 Å². The fraction of sp³-hybridized carbons (Fsp3) is 0.625. The van der Waals surface area contributed by atoms with Gasteiger partial charge >= 0.3 is 0 Å². The molecule has 0 bridgehead atoms. The molecule has 0 fully saturated rings. The quantitative estimate of drug-likeness (QED) is 0.698. The van der Waals surface area contributed by atoms with E-state index in [1.165, 1.54) is 0 Å². The van der Waals surface area contributed by atoms with Crippen LogP contribution in [-0.2, 0) is 6.42 Å². The Bertz CT molecular complexity index is 221. The molecule has 11 heavy (non-hydrogen) atoms. The van der Waals surface area contributed by atoms with Crippen LogP contribution in [0.3, 0.4) is 0 Å². The van der Waals surface area contributed by atoms with Crippen LogP contribution in [0.5, 0.6) is 0 Å². The van der Waals surface area contributed by atoms with Gasteiger partial charge < -0.3 is 9.52 Å². The smallest absolute Gasteiger partial charge is 0.197 e. The third-order valence-corrected chi connectivity index (χ3v) is 1.54. The predicted molar refractivity (Wildman–Crippen MR) is 41.4 cm³/mol. The van der Waals surface area contributed by atoms with Gasteiger partial charge in [0.1, 0.15) is 5.76 Å². The first kappa shape index (κ1) is 8.27. The van der Waals surface area contributed by atoms with E-state index in [2.05, 4.69) is 4.98 Å². The number of hydrogen-bond donors (Lipinski definition) is 1. The van der Waals surface area contributed by atoms with E-state index in [1.54, 1.807) is 6.92 Å². The molecule has 0 amide bonds. The summed E-state index contributed by atoms with van der Waals surface area (Å²) in [4.78, 5) is 4.12. The Kier molecular flexibility index (Phi) is 2.29. The van der Waals surface area contributed by atoms with Crippen molar-refractivity contribution in [1.29, 1.82) is 0 Å². The maximum absolute atomic E-state index is 9.01. The Hall–Kier alpha value is -0.830. The van der Waals surface area contributed by atoms with Crippen molar-refractivity contribution in [2.45, 2.75) is 33.3 Å². The van der Waals surface area contributed by atoms with Crippen LogP contribution in [-0.4, -0.2) is 16.2 Å². The van der Waals surface area contributed by atoms with Gasteiger partial charge in [-0.1, -0.05) is 0 Å². The van der Waals surface area contributed by atoms with Crippen molar-refractivity contribution in [3.05, 3.63) is 17.3 Å². The lowest BCUT2D eigenvalue weighted by molar-refractivity contribution is 0.185. The van der Waals surface area contributed by atoms with Crippen LogP contribution in [0.1, 0.15) is 24.3 Å². The molecule has 3 heteroatoms. The summed E-state index contributed by atoms with van der Waals surface area (Å²) in [6.45, 7) is 5.48. The monoisotopic (exact) mass is 155 g/mol. The minimum absolute atomic E-state index is 0.382. The molecule has 0 saturated carbocycles. The molecule has 1 aromatic heterocycles. The maximum Gasteiger partial charge on any atom is 0.197 e. The zero-order valence-electron chi connectivity index (χ0n) is 7.09. The Balaban J connectivity index is 2.73. The number of nitrogens with zero attached hydrogens (tertiary/aromatic N) is 1. The van der Waals surface area contributed by atoms with Gasteiger partial charge in [-0.15, -0.1) is 0 Å². The van der Waals surface area contributed by atoms with Gasteiger partial charge in [0.2, 0.25) is 0 Å². The molecular formula is C8H13NO2. The predicted octanol–water partition coefficient (Wildman–Crippen LogP) is 1.21. The highest BCUT2D eigenvalue weighted by atomic mass is 16.4.